The molecule has 7 heteroatoms. The van der Waals surface area contributed by atoms with Gasteiger partial charge in [-0.15, -0.1) is 0 Å². The summed E-state index contributed by atoms with van der Waals surface area (Å²) in [6.45, 7) is 10.6. The second kappa shape index (κ2) is 6.71. The molecule has 0 unspecified atom stereocenters. The van der Waals surface area contributed by atoms with Crippen LogP contribution >= 0.6 is 0 Å². The highest BCUT2D eigenvalue weighted by Crippen LogP contribution is 2.37. The van der Waals surface area contributed by atoms with E-state index >= 15 is 0 Å². The molecule has 0 aliphatic carbocycles. The third-order valence-electron chi connectivity index (χ3n) is 6.31. The number of aryl methyl sites for hydroxylation is 1. The van der Waals surface area contributed by atoms with Gasteiger partial charge in [0.15, 0.2) is 0 Å². The Kier molecular flexibility index (Phi) is 4.97. The van der Waals surface area contributed by atoms with Gasteiger partial charge in [-0.25, -0.2) is 0 Å². The van der Waals surface area contributed by atoms with Crippen molar-refractivity contribution in [3.63, 3.8) is 0 Å². The number of carbonyl (C=O) groups excluding carboxylic acids is 1. The largest absolute Gasteiger partial charge is 0.391 e. The fourth-order valence-corrected chi connectivity index (χ4v) is 4.13. The van der Waals surface area contributed by atoms with E-state index in [1.165, 1.54) is 0 Å². The minimum absolute atomic E-state index is 0.0135. The van der Waals surface area contributed by atoms with Crippen molar-refractivity contribution in [2.24, 2.45) is 11.0 Å². The summed E-state index contributed by atoms with van der Waals surface area (Å²) >= 11 is 0. The van der Waals surface area contributed by atoms with E-state index in [9.17, 15) is 9.90 Å². The summed E-state index contributed by atoms with van der Waals surface area (Å²) in [5, 5.41) is 19.2. The van der Waals surface area contributed by atoms with Gasteiger partial charge >= 0.3 is 0 Å². The summed E-state index contributed by atoms with van der Waals surface area (Å²) in [5.41, 5.74) is 1.74. The first-order valence-corrected chi connectivity index (χ1v) is 9.78. The van der Waals surface area contributed by atoms with Gasteiger partial charge in [-0.05, 0) is 26.7 Å². The molecule has 2 aliphatic rings. The lowest BCUT2D eigenvalue weighted by atomic mass is 9.90. The zero-order chi connectivity index (χ0) is 20.1. The monoisotopic (exact) mass is 377 g/mol. The van der Waals surface area contributed by atoms with Gasteiger partial charge in [-0.2, -0.15) is 4.59 Å². The smallest absolute Gasteiger partial charge is 0.234 e. The SMILES string of the molecule is Cc1cc([C@@H](C(=O)N2C[C@H](O)C[C@@H]2C2=N[N+](C)(C)C(C)(C)C2)C(C)C)on1. The van der Waals surface area contributed by atoms with Crippen molar-refractivity contribution in [3.05, 3.63) is 17.5 Å². The molecule has 27 heavy (non-hydrogen) atoms. The molecule has 1 aromatic heterocycles. The van der Waals surface area contributed by atoms with Crippen LogP contribution in [0.25, 0.3) is 0 Å². The lowest BCUT2D eigenvalue weighted by Gasteiger charge is -2.33. The van der Waals surface area contributed by atoms with Crippen molar-refractivity contribution in [1.82, 2.24) is 10.1 Å². The number of aromatic nitrogens is 1. The highest BCUT2D eigenvalue weighted by Gasteiger charge is 2.50. The second-order valence-corrected chi connectivity index (χ2v) is 9.46. The molecular weight excluding hydrogens is 344 g/mol. The zero-order valence-corrected chi connectivity index (χ0v) is 17.6. The number of β-amino-alcohol motifs (C(OH)–C–C–N with tert-alkyl or cyclic N) is 1. The number of amides is 1. The number of hydrogen-bond donors (Lipinski definition) is 1. The Labute approximate surface area is 161 Å². The summed E-state index contributed by atoms with van der Waals surface area (Å²) in [5.74, 6) is 0.242. The van der Waals surface area contributed by atoms with E-state index in [1.54, 1.807) is 0 Å². The molecule has 3 atom stereocenters. The third-order valence-corrected chi connectivity index (χ3v) is 6.31. The number of likely N-dealkylation sites (tertiary alicyclic amines) is 1. The van der Waals surface area contributed by atoms with Crippen LogP contribution in [0, 0.1) is 12.8 Å². The van der Waals surface area contributed by atoms with Crippen LogP contribution < -0.4 is 0 Å². The molecule has 3 heterocycles. The first kappa shape index (κ1) is 20.0. The number of carbonyl (C=O) groups is 1. The van der Waals surface area contributed by atoms with Crippen molar-refractivity contribution >= 4 is 11.6 Å². The number of nitrogens with zero attached hydrogens (tertiary/aromatic N) is 4. The molecular formula is C20H33N4O3+. The Bertz CT molecular complexity index is 750. The van der Waals surface area contributed by atoms with Crippen LogP contribution in [-0.4, -0.2) is 69.7 Å². The predicted molar refractivity (Wildman–Crippen MR) is 103 cm³/mol. The Morgan fingerprint density at radius 3 is 2.56 bits per heavy atom. The molecule has 3 rings (SSSR count). The van der Waals surface area contributed by atoms with E-state index < -0.39 is 12.0 Å². The topological polar surface area (TPSA) is 78.9 Å². The number of quaternary nitrogens is 1. The highest BCUT2D eigenvalue weighted by atomic mass is 16.5. The Hall–Kier alpha value is -1.73. The van der Waals surface area contributed by atoms with E-state index in [4.69, 9.17) is 9.62 Å². The first-order valence-electron chi connectivity index (χ1n) is 9.78. The third kappa shape index (κ3) is 3.55. The van der Waals surface area contributed by atoms with Crippen molar-refractivity contribution in [2.75, 3.05) is 20.6 Å². The lowest BCUT2D eigenvalue weighted by Crippen LogP contribution is -2.48. The van der Waals surface area contributed by atoms with Gasteiger partial charge in [-0.3, -0.25) is 4.79 Å². The molecule has 0 spiro atoms. The normalized spacial score (nSPS) is 27.9. The maximum absolute atomic E-state index is 13.5. The average molecular weight is 378 g/mol. The number of hydrogen-bond acceptors (Lipinski definition) is 5. The molecule has 7 nitrogen and oxygen atoms in total. The lowest BCUT2D eigenvalue weighted by molar-refractivity contribution is -0.937. The van der Waals surface area contributed by atoms with Gasteiger partial charge in [0.05, 0.1) is 38.4 Å². The Morgan fingerprint density at radius 1 is 1.41 bits per heavy atom. The molecule has 1 saturated heterocycles. The fraction of sp³-hybridized carbons (Fsp3) is 0.750. The Balaban J connectivity index is 1.91. The molecule has 1 N–H and O–H groups in total. The van der Waals surface area contributed by atoms with E-state index in [1.807, 2.05) is 31.7 Å². The van der Waals surface area contributed by atoms with Crippen molar-refractivity contribution in [3.8, 4) is 0 Å². The summed E-state index contributed by atoms with van der Waals surface area (Å²) in [6, 6.07) is 1.68. The van der Waals surface area contributed by atoms with E-state index in [2.05, 4.69) is 33.1 Å². The highest BCUT2D eigenvalue weighted by molar-refractivity contribution is 5.96. The van der Waals surface area contributed by atoms with Gasteiger partial charge in [0.25, 0.3) is 0 Å². The standard InChI is InChI=1S/C20H33N4O3/c1-12(2)18(17-8-13(3)22-27-17)19(26)23-11-14(25)9-16(23)15-10-20(4,5)24(6,7)21-15/h8,12,14,16,18,25H,9-11H2,1-7H3/q+1/t14-,16-,18+/m1/s1. The minimum Gasteiger partial charge on any atom is -0.391 e. The van der Waals surface area contributed by atoms with Crippen LogP contribution in [0.3, 0.4) is 0 Å². The molecule has 1 aromatic rings. The van der Waals surface area contributed by atoms with Crippen LogP contribution in [0.1, 0.15) is 57.9 Å². The molecule has 2 aliphatic heterocycles. The zero-order valence-electron chi connectivity index (χ0n) is 17.6. The van der Waals surface area contributed by atoms with E-state index in [-0.39, 0.29) is 23.4 Å². The van der Waals surface area contributed by atoms with Gasteiger partial charge < -0.3 is 14.5 Å². The molecule has 150 valence electrons. The van der Waals surface area contributed by atoms with Crippen molar-refractivity contribution < 1.29 is 19.0 Å². The van der Waals surface area contributed by atoms with E-state index in [0.29, 0.717) is 23.3 Å². The average Bonchev–Trinajstić information content (AvgIpc) is 3.16. The first-order chi connectivity index (χ1) is 12.4. The maximum Gasteiger partial charge on any atom is 0.234 e. The quantitative estimate of drug-likeness (QED) is 0.817. The molecule has 1 fully saturated rings. The predicted octanol–water partition coefficient (Wildman–Crippen LogP) is 2.30. The molecule has 0 bridgehead atoms. The minimum atomic E-state index is -0.523. The fourth-order valence-electron chi connectivity index (χ4n) is 4.13. The summed E-state index contributed by atoms with van der Waals surface area (Å²) in [4.78, 5) is 15.3. The molecule has 0 radical (unpaired) electrons. The van der Waals surface area contributed by atoms with Gasteiger partial charge in [-0.1, -0.05) is 24.1 Å². The maximum atomic E-state index is 13.5. The van der Waals surface area contributed by atoms with Crippen molar-refractivity contribution in [2.45, 2.75) is 71.1 Å². The molecule has 0 aromatic carbocycles. The van der Waals surface area contributed by atoms with Crippen LogP contribution in [-0.2, 0) is 4.79 Å². The number of aliphatic hydroxyl groups excluding tert-OH is 1. The van der Waals surface area contributed by atoms with Crippen LogP contribution in [0.5, 0.6) is 0 Å². The number of aliphatic hydroxyl groups is 1. The Morgan fingerprint density at radius 2 is 2.07 bits per heavy atom. The van der Waals surface area contributed by atoms with Gasteiger partial charge in [0, 0.05) is 19.0 Å². The van der Waals surface area contributed by atoms with Crippen LogP contribution in [0.2, 0.25) is 0 Å². The van der Waals surface area contributed by atoms with Gasteiger partial charge in [0.1, 0.15) is 22.9 Å². The summed E-state index contributed by atoms with van der Waals surface area (Å²) in [7, 11) is 4.16. The summed E-state index contributed by atoms with van der Waals surface area (Å²) in [6.07, 6.45) is 0.834. The molecule has 0 saturated carbocycles. The van der Waals surface area contributed by atoms with Crippen molar-refractivity contribution in [1.29, 1.82) is 0 Å². The van der Waals surface area contributed by atoms with E-state index in [0.717, 1.165) is 17.8 Å². The van der Waals surface area contributed by atoms with Crippen LogP contribution in [0.4, 0.5) is 0 Å². The van der Waals surface area contributed by atoms with Crippen LogP contribution in [0.15, 0.2) is 15.7 Å². The summed E-state index contributed by atoms with van der Waals surface area (Å²) < 4.78 is 5.96. The number of rotatable bonds is 4. The molecule has 1 amide bonds. The second-order valence-electron chi connectivity index (χ2n) is 9.46. The van der Waals surface area contributed by atoms with Gasteiger partial charge in [0.2, 0.25) is 5.91 Å².